The first-order valence-electron chi connectivity index (χ1n) is 8.78. The number of nitrogens with zero attached hydrogens (tertiary/aromatic N) is 1. The summed E-state index contributed by atoms with van der Waals surface area (Å²) in [6.45, 7) is 1.94. The van der Waals surface area contributed by atoms with E-state index in [1.54, 1.807) is 21.0 Å². The Labute approximate surface area is 144 Å². The molecular formula is C19H29N3O2. The van der Waals surface area contributed by atoms with Gasteiger partial charge in [0.25, 0.3) is 0 Å². The van der Waals surface area contributed by atoms with Crippen molar-refractivity contribution in [2.45, 2.75) is 44.7 Å². The molecule has 0 bridgehead atoms. The Morgan fingerprint density at radius 1 is 1.17 bits per heavy atom. The van der Waals surface area contributed by atoms with Crippen molar-refractivity contribution in [3.63, 3.8) is 0 Å². The Balaban J connectivity index is 1.93. The fourth-order valence-electron chi connectivity index (χ4n) is 3.45. The van der Waals surface area contributed by atoms with E-state index in [1.807, 2.05) is 18.2 Å². The quantitative estimate of drug-likeness (QED) is 0.804. The highest BCUT2D eigenvalue weighted by Crippen LogP contribution is 2.35. The molecule has 1 aromatic carbocycles. The van der Waals surface area contributed by atoms with Crippen LogP contribution in [0.1, 0.15) is 44.2 Å². The highest BCUT2D eigenvalue weighted by Gasteiger charge is 2.26. The number of carbonyl (C=O) groups excluding carboxylic acids is 2. The van der Waals surface area contributed by atoms with E-state index in [0.717, 1.165) is 0 Å². The lowest BCUT2D eigenvalue weighted by molar-refractivity contribution is -0.133. The van der Waals surface area contributed by atoms with Gasteiger partial charge in [0, 0.05) is 20.1 Å². The number of benzene rings is 1. The van der Waals surface area contributed by atoms with Gasteiger partial charge < -0.3 is 15.5 Å². The molecule has 2 unspecified atom stereocenters. The number of amides is 2. The highest BCUT2D eigenvalue weighted by atomic mass is 16.2. The Morgan fingerprint density at radius 2 is 1.79 bits per heavy atom. The topological polar surface area (TPSA) is 61.4 Å². The second-order valence-electron chi connectivity index (χ2n) is 6.84. The van der Waals surface area contributed by atoms with Crippen molar-refractivity contribution in [2.75, 3.05) is 20.6 Å². The predicted molar refractivity (Wildman–Crippen MR) is 95.4 cm³/mol. The fraction of sp³-hybridized carbons (Fsp3) is 0.579. The van der Waals surface area contributed by atoms with Crippen LogP contribution in [0.2, 0.25) is 0 Å². The molecule has 24 heavy (non-hydrogen) atoms. The van der Waals surface area contributed by atoms with Crippen molar-refractivity contribution < 1.29 is 9.59 Å². The zero-order valence-corrected chi connectivity index (χ0v) is 14.9. The summed E-state index contributed by atoms with van der Waals surface area (Å²) in [4.78, 5) is 25.5. The molecule has 2 amide bonds. The maximum absolute atomic E-state index is 12.2. The van der Waals surface area contributed by atoms with Crippen LogP contribution >= 0.6 is 0 Å². The minimum Gasteiger partial charge on any atom is -0.347 e. The van der Waals surface area contributed by atoms with Crippen LogP contribution in [0.15, 0.2) is 30.3 Å². The minimum atomic E-state index is -0.504. The smallest absolute Gasteiger partial charge is 0.244 e. The van der Waals surface area contributed by atoms with Gasteiger partial charge in [-0.05, 0) is 31.2 Å². The molecule has 2 atom stereocenters. The summed E-state index contributed by atoms with van der Waals surface area (Å²) in [5, 5.41) is 6.18. The summed E-state index contributed by atoms with van der Waals surface area (Å²) >= 11 is 0. The van der Waals surface area contributed by atoms with Crippen LogP contribution < -0.4 is 10.6 Å². The predicted octanol–water partition coefficient (Wildman–Crippen LogP) is 2.10. The number of likely N-dealkylation sites (N-methyl/N-ethyl adjacent to an activating group) is 1. The van der Waals surface area contributed by atoms with E-state index < -0.39 is 6.04 Å². The zero-order valence-electron chi connectivity index (χ0n) is 14.9. The zero-order chi connectivity index (χ0) is 17.5. The van der Waals surface area contributed by atoms with Crippen LogP contribution in [0.4, 0.5) is 0 Å². The molecule has 2 rings (SSSR count). The van der Waals surface area contributed by atoms with Crippen molar-refractivity contribution >= 4 is 11.8 Å². The number of rotatable bonds is 7. The molecule has 5 nitrogen and oxygen atoms in total. The molecule has 0 spiro atoms. The molecule has 132 valence electrons. The third-order valence-corrected chi connectivity index (χ3v) is 4.70. The lowest BCUT2D eigenvalue weighted by Crippen LogP contribution is -2.47. The van der Waals surface area contributed by atoms with Crippen molar-refractivity contribution in [2.24, 2.45) is 5.92 Å². The van der Waals surface area contributed by atoms with Gasteiger partial charge in [-0.1, -0.05) is 43.2 Å². The summed E-state index contributed by atoms with van der Waals surface area (Å²) in [5.74, 6) is 0.330. The average Bonchev–Trinajstić information content (AvgIpc) is 3.09. The maximum atomic E-state index is 12.2. The largest absolute Gasteiger partial charge is 0.347 e. The van der Waals surface area contributed by atoms with Crippen molar-refractivity contribution in [1.29, 1.82) is 0 Å². The van der Waals surface area contributed by atoms with Gasteiger partial charge in [-0.25, -0.2) is 0 Å². The average molecular weight is 331 g/mol. The first-order chi connectivity index (χ1) is 11.5. The monoisotopic (exact) mass is 331 g/mol. The first-order valence-corrected chi connectivity index (χ1v) is 8.78. The lowest BCUT2D eigenvalue weighted by atomic mass is 9.91. The number of nitrogens with one attached hydrogen (secondary N) is 2. The molecule has 1 aromatic rings. The molecule has 0 saturated heterocycles. The van der Waals surface area contributed by atoms with Gasteiger partial charge in [-0.3, -0.25) is 9.59 Å². The SMILES string of the molecule is CC(NC(=O)CNC(c1ccccc1)C1CCCC1)C(=O)N(C)C. The molecule has 0 aromatic heterocycles. The first kappa shape index (κ1) is 18.5. The summed E-state index contributed by atoms with van der Waals surface area (Å²) in [6.07, 6.45) is 4.92. The fourth-order valence-corrected chi connectivity index (χ4v) is 3.45. The van der Waals surface area contributed by atoms with Crippen LogP contribution in [0, 0.1) is 5.92 Å². The highest BCUT2D eigenvalue weighted by molar-refractivity contribution is 5.87. The second-order valence-corrected chi connectivity index (χ2v) is 6.84. The maximum Gasteiger partial charge on any atom is 0.244 e. The Kier molecular flexibility index (Phi) is 6.79. The van der Waals surface area contributed by atoms with Crippen LogP contribution in [0.3, 0.4) is 0 Å². The molecule has 0 heterocycles. The third-order valence-electron chi connectivity index (χ3n) is 4.70. The molecule has 1 aliphatic carbocycles. The van der Waals surface area contributed by atoms with E-state index in [2.05, 4.69) is 22.8 Å². The van der Waals surface area contributed by atoms with Crippen LogP contribution in [-0.2, 0) is 9.59 Å². The van der Waals surface area contributed by atoms with Gasteiger partial charge in [-0.15, -0.1) is 0 Å². The van der Waals surface area contributed by atoms with Gasteiger partial charge in [0.05, 0.1) is 6.54 Å². The van der Waals surface area contributed by atoms with Gasteiger partial charge >= 0.3 is 0 Å². The molecule has 2 N–H and O–H groups in total. The standard InChI is InChI=1S/C19H29N3O2/c1-14(19(24)22(2)3)21-17(23)13-20-18(16-11-7-8-12-16)15-9-5-4-6-10-15/h4-6,9-10,14,16,18,20H,7-8,11-13H2,1-3H3,(H,21,23). The van der Waals surface area contributed by atoms with Gasteiger partial charge in [0.15, 0.2) is 0 Å². The van der Waals surface area contributed by atoms with E-state index in [1.165, 1.54) is 36.1 Å². The van der Waals surface area contributed by atoms with E-state index in [0.29, 0.717) is 5.92 Å². The van der Waals surface area contributed by atoms with Crippen LogP contribution in [0.5, 0.6) is 0 Å². The molecule has 1 aliphatic rings. The van der Waals surface area contributed by atoms with E-state index in [4.69, 9.17) is 0 Å². The van der Waals surface area contributed by atoms with Crippen LogP contribution in [0.25, 0.3) is 0 Å². The normalized spacial score (nSPS) is 17.3. The number of hydrogen-bond acceptors (Lipinski definition) is 3. The van der Waals surface area contributed by atoms with Crippen molar-refractivity contribution in [3.8, 4) is 0 Å². The molecule has 1 fully saturated rings. The van der Waals surface area contributed by atoms with Crippen molar-refractivity contribution in [1.82, 2.24) is 15.5 Å². The summed E-state index contributed by atoms with van der Waals surface area (Å²) in [7, 11) is 3.38. The molecule has 1 saturated carbocycles. The summed E-state index contributed by atoms with van der Waals surface area (Å²) < 4.78 is 0. The van der Waals surface area contributed by atoms with Gasteiger partial charge in [0.2, 0.25) is 11.8 Å². The molecule has 0 radical (unpaired) electrons. The lowest BCUT2D eigenvalue weighted by Gasteiger charge is -2.25. The van der Waals surface area contributed by atoms with E-state index in [-0.39, 0.29) is 24.4 Å². The summed E-state index contributed by atoms with van der Waals surface area (Å²) in [6, 6.07) is 10.0. The van der Waals surface area contributed by atoms with Gasteiger partial charge in [0.1, 0.15) is 6.04 Å². The Morgan fingerprint density at radius 3 is 2.38 bits per heavy atom. The van der Waals surface area contributed by atoms with Gasteiger partial charge in [-0.2, -0.15) is 0 Å². The Hall–Kier alpha value is -1.88. The third kappa shape index (κ3) is 5.06. The van der Waals surface area contributed by atoms with E-state index >= 15 is 0 Å². The Bertz CT molecular complexity index is 539. The second kappa shape index (κ2) is 8.83. The van der Waals surface area contributed by atoms with Crippen molar-refractivity contribution in [3.05, 3.63) is 35.9 Å². The molecule has 0 aliphatic heterocycles. The summed E-state index contributed by atoms with van der Waals surface area (Å²) in [5.41, 5.74) is 1.23. The van der Waals surface area contributed by atoms with Crippen LogP contribution in [-0.4, -0.2) is 43.4 Å². The minimum absolute atomic E-state index is 0.0984. The molecular weight excluding hydrogens is 302 g/mol. The number of carbonyl (C=O) groups is 2. The molecule has 5 heteroatoms. The van der Waals surface area contributed by atoms with E-state index in [9.17, 15) is 9.59 Å². The number of hydrogen-bond donors (Lipinski definition) is 2.